The number of rotatable bonds is 3. The average molecular weight is 250 g/mol. The number of aliphatic carboxylic acids is 1. The Morgan fingerprint density at radius 3 is 2.10 bits per heavy atom. The summed E-state index contributed by atoms with van der Waals surface area (Å²) in [5.74, 6) is -0.556. The van der Waals surface area contributed by atoms with Crippen molar-refractivity contribution < 1.29 is 9.90 Å². The van der Waals surface area contributed by atoms with E-state index >= 15 is 0 Å². The predicted octanol–water partition coefficient (Wildman–Crippen LogP) is 0.0636. The second-order valence-electron chi connectivity index (χ2n) is 2.57. The first-order valence-corrected chi connectivity index (χ1v) is 3.02. The van der Waals surface area contributed by atoms with Crippen LogP contribution in [0.2, 0.25) is 0 Å². The smallest absolute Gasteiger partial charge is 0.320 e. The Labute approximate surface area is 77.9 Å². The maximum Gasteiger partial charge on any atom is 0.320 e. The molecule has 58 valence electrons. The average Bonchev–Trinajstić information content (AvgIpc) is 1.63. The van der Waals surface area contributed by atoms with Crippen molar-refractivity contribution >= 4 is 29.9 Å². The third-order valence-corrected chi connectivity index (χ3v) is 1.04. The summed E-state index contributed by atoms with van der Waals surface area (Å²) in [5, 5.41) is 8.31. The number of carboxylic acids is 1. The van der Waals surface area contributed by atoms with Gasteiger partial charge in [-0.15, -0.1) is 0 Å². The molecule has 0 aromatic heterocycles. The zero-order chi connectivity index (χ0) is 7.44. The SMILES string of the molecule is CC(C)C[C@H](N)C(=O)O.[Sn]. The molecule has 4 radical (unpaired) electrons. The number of nitrogens with two attached hydrogens (primary N) is 1. The Morgan fingerprint density at radius 2 is 2.00 bits per heavy atom. The molecule has 0 spiro atoms. The van der Waals surface area contributed by atoms with E-state index < -0.39 is 12.0 Å². The van der Waals surface area contributed by atoms with Gasteiger partial charge >= 0.3 is 5.97 Å². The van der Waals surface area contributed by atoms with Crippen LogP contribution in [0.15, 0.2) is 0 Å². The van der Waals surface area contributed by atoms with Crippen molar-refractivity contribution in [2.45, 2.75) is 26.3 Å². The van der Waals surface area contributed by atoms with Crippen molar-refractivity contribution in [3.8, 4) is 0 Å². The molecule has 0 amide bonds. The predicted molar refractivity (Wildman–Crippen MR) is 40.8 cm³/mol. The van der Waals surface area contributed by atoms with Crippen molar-refractivity contribution in [1.82, 2.24) is 0 Å². The minimum absolute atomic E-state index is 0. The molecule has 10 heavy (non-hydrogen) atoms. The van der Waals surface area contributed by atoms with Gasteiger partial charge in [0.1, 0.15) is 6.04 Å². The number of carbonyl (C=O) groups is 1. The minimum Gasteiger partial charge on any atom is -0.480 e. The van der Waals surface area contributed by atoms with E-state index in [2.05, 4.69) is 0 Å². The fourth-order valence-electron chi connectivity index (χ4n) is 0.609. The molecule has 1 atom stereocenters. The van der Waals surface area contributed by atoms with Gasteiger partial charge in [0.05, 0.1) is 0 Å². The zero-order valence-corrected chi connectivity index (χ0v) is 9.15. The van der Waals surface area contributed by atoms with Crippen LogP contribution in [-0.2, 0) is 4.79 Å². The second-order valence-corrected chi connectivity index (χ2v) is 2.57. The van der Waals surface area contributed by atoms with Crippen LogP contribution < -0.4 is 5.73 Å². The summed E-state index contributed by atoms with van der Waals surface area (Å²) in [5.41, 5.74) is 5.22. The summed E-state index contributed by atoms with van der Waals surface area (Å²) in [6, 6.07) is -0.690. The molecule has 0 aliphatic heterocycles. The second kappa shape index (κ2) is 5.97. The van der Waals surface area contributed by atoms with Crippen LogP contribution >= 0.6 is 0 Å². The maximum absolute atomic E-state index is 10.1. The van der Waals surface area contributed by atoms with E-state index in [1.807, 2.05) is 13.8 Å². The summed E-state index contributed by atoms with van der Waals surface area (Å²) < 4.78 is 0. The molecular weight excluding hydrogens is 237 g/mol. The van der Waals surface area contributed by atoms with Crippen molar-refractivity contribution in [2.24, 2.45) is 11.7 Å². The summed E-state index contributed by atoms with van der Waals surface area (Å²) in [4.78, 5) is 10.1. The molecule has 0 aromatic carbocycles. The van der Waals surface area contributed by atoms with Gasteiger partial charge in [-0.05, 0) is 12.3 Å². The summed E-state index contributed by atoms with van der Waals surface area (Å²) >= 11 is 0. The van der Waals surface area contributed by atoms with Crippen LogP contribution in [0.3, 0.4) is 0 Å². The first-order chi connectivity index (χ1) is 4.04. The van der Waals surface area contributed by atoms with E-state index in [0.717, 1.165) is 0 Å². The fraction of sp³-hybridized carbons (Fsp3) is 0.833. The summed E-state index contributed by atoms with van der Waals surface area (Å²) in [6.45, 7) is 3.89. The molecule has 4 heteroatoms. The van der Waals surface area contributed by atoms with E-state index in [-0.39, 0.29) is 23.9 Å². The van der Waals surface area contributed by atoms with Crippen molar-refractivity contribution in [3.63, 3.8) is 0 Å². The van der Waals surface area contributed by atoms with E-state index in [1.165, 1.54) is 0 Å². The molecule has 0 saturated heterocycles. The van der Waals surface area contributed by atoms with E-state index in [0.29, 0.717) is 12.3 Å². The van der Waals surface area contributed by atoms with E-state index in [9.17, 15) is 4.79 Å². The molecule has 3 nitrogen and oxygen atoms in total. The largest absolute Gasteiger partial charge is 0.480 e. The normalized spacial score (nSPS) is 12.4. The maximum atomic E-state index is 10.1. The Hall–Kier alpha value is 0.229. The molecule has 0 unspecified atom stereocenters. The molecule has 3 N–H and O–H groups in total. The monoisotopic (exact) mass is 251 g/mol. The van der Waals surface area contributed by atoms with Crippen LogP contribution in [0.4, 0.5) is 0 Å². The van der Waals surface area contributed by atoms with E-state index in [1.54, 1.807) is 0 Å². The molecule has 0 bridgehead atoms. The van der Waals surface area contributed by atoms with Crippen LogP contribution in [0.1, 0.15) is 20.3 Å². The van der Waals surface area contributed by atoms with Crippen LogP contribution in [0, 0.1) is 5.92 Å². The Morgan fingerprint density at radius 1 is 1.60 bits per heavy atom. The van der Waals surface area contributed by atoms with Gasteiger partial charge in [0.15, 0.2) is 0 Å². The fourth-order valence-corrected chi connectivity index (χ4v) is 0.609. The van der Waals surface area contributed by atoms with E-state index in [4.69, 9.17) is 10.8 Å². The first kappa shape index (κ1) is 12.9. The molecule has 0 saturated carbocycles. The molecule has 0 aliphatic carbocycles. The van der Waals surface area contributed by atoms with Gasteiger partial charge in [-0.1, -0.05) is 13.8 Å². The van der Waals surface area contributed by atoms with Gasteiger partial charge < -0.3 is 10.8 Å². The molecule has 0 heterocycles. The molecule has 0 aliphatic rings. The van der Waals surface area contributed by atoms with Gasteiger partial charge in [0.25, 0.3) is 0 Å². The number of hydrogen-bond acceptors (Lipinski definition) is 2. The van der Waals surface area contributed by atoms with Crippen LogP contribution in [0.25, 0.3) is 0 Å². The molecule has 0 aromatic rings. The Balaban J connectivity index is 0. The standard InChI is InChI=1S/C6H13NO2.Sn/c1-4(2)3-5(7)6(8)9;/h4-5H,3,7H2,1-2H3,(H,8,9);/t5-;/m0./s1. The first-order valence-electron chi connectivity index (χ1n) is 3.02. The van der Waals surface area contributed by atoms with Crippen LogP contribution in [0.5, 0.6) is 0 Å². The third-order valence-electron chi connectivity index (χ3n) is 1.04. The quantitative estimate of drug-likeness (QED) is 0.696. The van der Waals surface area contributed by atoms with Gasteiger partial charge in [-0.25, -0.2) is 0 Å². The summed E-state index contributed by atoms with van der Waals surface area (Å²) in [7, 11) is 0. The van der Waals surface area contributed by atoms with Crippen molar-refractivity contribution in [2.75, 3.05) is 0 Å². The van der Waals surface area contributed by atoms with Crippen molar-refractivity contribution in [1.29, 1.82) is 0 Å². The third kappa shape index (κ3) is 6.35. The van der Waals surface area contributed by atoms with Crippen LogP contribution in [-0.4, -0.2) is 41.0 Å². The molecular formula is C6H13NO2Sn. The van der Waals surface area contributed by atoms with Gasteiger partial charge in [0.2, 0.25) is 0 Å². The number of hydrogen-bond donors (Lipinski definition) is 2. The molecule has 0 fully saturated rings. The Bertz CT molecular complexity index is 106. The van der Waals surface area contributed by atoms with Gasteiger partial charge in [0, 0.05) is 23.9 Å². The topological polar surface area (TPSA) is 63.3 Å². The van der Waals surface area contributed by atoms with Gasteiger partial charge in [-0.2, -0.15) is 0 Å². The van der Waals surface area contributed by atoms with Crippen molar-refractivity contribution in [3.05, 3.63) is 0 Å². The zero-order valence-electron chi connectivity index (χ0n) is 6.29. The minimum atomic E-state index is -0.913. The number of carboxylic acid groups (broad SMARTS) is 1. The molecule has 0 rings (SSSR count). The van der Waals surface area contributed by atoms with Gasteiger partial charge in [-0.3, -0.25) is 4.79 Å². The summed E-state index contributed by atoms with van der Waals surface area (Å²) in [6.07, 6.45) is 0.551. The Kier molecular flexibility index (Phi) is 7.68.